The summed E-state index contributed by atoms with van der Waals surface area (Å²) in [5, 5.41) is 8.91. The van der Waals surface area contributed by atoms with Crippen molar-refractivity contribution in [2.45, 2.75) is 22.1 Å². The van der Waals surface area contributed by atoms with Crippen LogP contribution in [0.25, 0.3) is 26.2 Å². The highest BCUT2D eigenvalue weighted by atomic mass is 32.2. The van der Waals surface area contributed by atoms with Gasteiger partial charge in [-0.2, -0.15) is 0 Å². The summed E-state index contributed by atoms with van der Waals surface area (Å²) in [6.45, 7) is 0.872. The summed E-state index contributed by atoms with van der Waals surface area (Å²) >= 11 is 3.98. The van der Waals surface area contributed by atoms with Crippen molar-refractivity contribution in [2.24, 2.45) is 0 Å². The minimum absolute atomic E-state index is 0.215. The van der Waals surface area contributed by atoms with Crippen molar-refractivity contribution in [1.82, 2.24) is 10.6 Å². The van der Waals surface area contributed by atoms with Gasteiger partial charge in [-0.15, -0.1) is 23.1 Å². The number of hydrogen-bond acceptors (Lipinski definition) is 4. The number of benzene rings is 2. The van der Waals surface area contributed by atoms with Crippen LogP contribution >= 0.6 is 23.1 Å². The molecular formula is C30H24N2S2. The first-order valence-electron chi connectivity index (χ1n) is 11.8. The lowest BCUT2D eigenvalue weighted by Crippen LogP contribution is -2.33. The van der Waals surface area contributed by atoms with Crippen LogP contribution in [0.15, 0.2) is 114 Å². The molecule has 2 nitrogen and oxygen atoms in total. The van der Waals surface area contributed by atoms with Crippen LogP contribution in [0.2, 0.25) is 0 Å². The van der Waals surface area contributed by atoms with Crippen LogP contribution in [-0.2, 0) is 0 Å². The van der Waals surface area contributed by atoms with E-state index in [-0.39, 0.29) is 6.04 Å². The van der Waals surface area contributed by atoms with Gasteiger partial charge in [-0.3, -0.25) is 0 Å². The Morgan fingerprint density at radius 3 is 2.68 bits per heavy atom. The largest absolute Gasteiger partial charge is 0.381 e. The average molecular weight is 477 g/mol. The molecule has 4 heterocycles. The fraction of sp³-hybridized carbons (Fsp3) is 0.133. The van der Waals surface area contributed by atoms with Gasteiger partial charge in [-0.05, 0) is 40.9 Å². The zero-order chi connectivity index (χ0) is 22.5. The van der Waals surface area contributed by atoms with Crippen LogP contribution in [-0.4, -0.2) is 17.8 Å². The topological polar surface area (TPSA) is 24.1 Å². The van der Waals surface area contributed by atoms with Gasteiger partial charge in [0.05, 0.1) is 6.04 Å². The van der Waals surface area contributed by atoms with E-state index in [1.54, 1.807) is 0 Å². The zero-order valence-electron chi connectivity index (χ0n) is 18.6. The predicted octanol–water partition coefficient (Wildman–Crippen LogP) is 7.16. The van der Waals surface area contributed by atoms with Crippen molar-refractivity contribution in [1.29, 1.82) is 0 Å². The highest BCUT2D eigenvalue weighted by Gasteiger charge is 2.38. The maximum absolute atomic E-state index is 3.61. The second-order valence-electron chi connectivity index (χ2n) is 8.92. The maximum atomic E-state index is 3.61. The van der Waals surface area contributed by atoms with Gasteiger partial charge in [0, 0.05) is 49.0 Å². The normalized spacial score (nSPS) is 24.3. The lowest BCUT2D eigenvalue weighted by molar-refractivity contribution is 0.711. The number of dihydropyridines is 2. The fourth-order valence-electron chi connectivity index (χ4n) is 5.44. The van der Waals surface area contributed by atoms with Crippen LogP contribution in [0.5, 0.6) is 0 Å². The summed E-state index contributed by atoms with van der Waals surface area (Å²) in [6, 6.07) is 16.0. The van der Waals surface area contributed by atoms with Crippen LogP contribution < -0.4 is 10.6 Å². The standard InChI is InChI=1S/C30H24N2S2/c1-2-16-26-21(9-1)27-22-12-7-10-19(24-14-3-5-17-31-24)28(22)34-29-20(25-15-4-6-18-32-25)11-8-13-23(29)30(27)33-26/h1-17,22,24,28,31-32H,18H2. The molecule has 2 N–H and O–H groups in total. The number of rotatable bonds is 2. The Labute approximate surface area is 208 Å². The number of thiophene rings is 1. The van der Waals surface area contributed by atoms with Crippen molar-refractivity contribution >= 4 is 38.9 Å². The quantitative estimate of drug-likeness (QED) is 0.410. The Kier molecular flexibility index (Phi) is 4.88. The van der Waals surface area contributed by atoms with Gasteiger partial charge >= 0.3 is 0 Å². The van der Waals surface area contributed by atoms with E-state index in [9.17, 15) is 0 Å². The monoisotopic (exact) mass is 476 g/mol. The van der Waals surface area contributed by atoms with Crippen molar-refractivity contribution < 1.29 is 0 Å². The third kappa shape index (κ3) is 3.17. The Bertz CT molecular complexity index is 1480. The van der Waals surface area contributed by atoms with Gasteiger partial charge in [0.1, 0.15) is 0 Å². The molecule has 0 spiro atoms. The number of allylic oxidation sites excluding steroid dienone is 7. The molecule has 3 atom stereocenters. The van der Waals surface area contributed by atoms with Crippen molar-refractivity contribution in [3.8, 4) is 10.4 Å². The van der Waals surface area contributed by atoms with E-state index in [0.717, 1.165) is 6.54 Å². The molecule has 0 bridgehead atoms. The van der Waals surface area contributed by atoms with Gasteiger partial charge in [0.15, 0.2) is 0 Å². The second-order valence-corrected chi connectivity index (χ2v) is 11.1. The summed E-state index contributed by atoms with van der Waals surface area (Å²) in [4.78, 5) is 2.80. The maximum Gasteiger partial charge on any atom is 0.0669 e. The summed E-state index contributed by atoms with van der Waals surface area (Å²) in [5.41, 5.74) is 6.80. The number of fused-ring (bicyclic) bond motifs is 7. The second kappa shape index (κ2) is 8.23. The van der Waals surface area contributed by atoms with Gasteiger partial charge in [0.2, 0.25) is 0 Å². The Hall–Kier alpha value is -3.21. The molecule has 0 saturated carbocycles. The number of nitrogens with one attached hydrogen (secondary N) is 2. The summed E-state index contributed by atoms with van der Waals surface area (Å²) in [5.74, 6) is 0.325. The SMILES string of the molecule is C1=CCNC(c2cccc3c2SC2C(C4C=CC=CN4)=CC=CC2c2c-3sc3ccccc23)=C1. The molecule has 1 aliphatic carbocycles. The molecule has 3 unspecified atom stereocenters. The van der Waals surface area contributed by atoms with E-state index in [1.807, 2.05) is 23.1 Å². The molecule has 2 aromatic carbocycles. The first kappa shape index (κ1) is 20.2. The van der Waals surface area contributed by atoms with E-state index in [2.05, 4.69) is 114 Å². The molecule has 0 saturated heterocycles. The first-order valence-corrected chi connectivity index (χ1v) is 13.5. The van der Waals surface area contributed by atoms with E-state index in [1.165, 1.54) is 47.8 Å². The lowest BCUT2D eigenvalue weighted by Gasteiger charge is -2.33. The smallest absolute Gasteiger partial charge is 0.0669 e. The van der Waals surface area contributed by atoms with Gasteiger partial charge in [0.25, 0.3) is 0 Å². The van der Waals surface area contributed by atoms with Crippen molar-refractivity contribution in [3.63, 3.8) is 0 Å². The summed E-state index contributed by atoms with van der Waals surface area (Å²) in [7, 11) is 0. The number of thioether (sulfide) groups is 1. The zero-order valence-corrected chi connectivity index (χ0v) is 20.2. The Morgan fingerprint density at radius 2 is 1.79 bits per heavy atom. The van der Waals surface area contributed by atoms with Gasteiger partial charge < -0.3 is 10.6 Å². The molecule has 0 radical (unpaired) electrons. The van der Waals surface area contributed by atoms with Crippen molar-refractivity contribution in [2.75, 3.05) is 6.54 Å². The molecule has 3 aliphatic heterocycles. The molecule has 7 rings (SSSR count). The Morgan fingerprint density at radius 1 is 0.853 bits per heavy atom. The molecule has 4 heteroatoms. The van der Waals surface area contributed by atoms with Crippen LogP contribution in [0.3, 0.4) is 0 Å². The lowest BCUT2D eigenvalue weighted by atomic mass is 9.82. The molecule has 3 aromatic rings. The first-order chi connectivity index (χ1) is 16.9. The molecular weight excluding hydrogens is 452 g/mol. The molecule has 0 fully saturated rings. The van der Waals surface area contributed by atoms with Crippen LogP contribution in [0.1, 0.15) is 17.0 Å². The molecule has 1 aromatic heterocycles. The van der Waals surface area contributed by atoms with E-state index < -0.39 is 0 Å². The summed E-state index contributed by atoms with van der Waals surface area (Å²) in [6.07, 6.45) is 22.1. The Balaban J connectivity index is 1.48. The highest BCUT2D eigenvalue weighted by molar-refractivity contribution is 8.00. The van der Waals surface area contributed by atoms with E-state index in [4.69, 9.17) is 0 Å². The van der Waals surface area contributed by atoms with Crippen LogP contribution in [0, 0.1) is 0 Å². The van der Waals surface area contributed by atoms with Crippen LogP contribution in [0.4, 0.5) is 0 Å². The van der Waals surface area contributed by atoms with E-state index >= 15 is 0 Å². The molecule has 4 aliphatic rings. The minimum atomic E-state index is 0.215. The molecule has 34 heavy (non-hydrogen) atoms. The molecule has 166 valence electrons. The van der Waals surface area contributed by atoms with E-state index in [0.29, 0.717) is 11.2 Å². The number of hydrogen-bond donors (Lipinski definition) is 2. The van der Waals surface area contributed by atoms with Crippen molar-refractivity contribution in [3.05, 3.63) is 120 Å². The van der Waals surface area contributed by atoms with Gasteiger partial charge in [-0.25, -0.2) is 0 Å². The fourth-order valence-corrected chi connectivity index (χ4v) is 8.38. The summed E-state index contributed by atoms with van der Waals surface area (Å²) < 4.78 is 1.37. The minimum Gasteiger partial charge on any atom is -0.381 e. The highest BCUT2D eigenvalue weighted by Crippen LogP contribution is 2.56. The average Bonchev–Trinajstić information content (AvgIpc) is 3.22. The third-order valence-corrected chi connectivity index (χ3v) is 9.69. The van der Waals surface area contributed by atoms with Gasteiger partial charge in [-0.1, -0.05) is 78.9 Å². The molecule has 0 amide bonds. The third-order valence-electron chi connectivity index (χ3n) is 6.98. The predicted molar refractivity (Wildman–Crippen MR) is 147 cm³/mol.